The van der Waals surface area contributed by atoms with E-state index < -0.39 is 41.2 Å². The standard InChI is InChI=1S/C13H14F5NO/c1-6-2-3-19(8(6)5-20)4-7-9(14)11(16)13(18)12(17)10(7)15/h6,8,20H,2-5H2,1H3. The third kappa shape index (κ3) is 2.40. The van der Waals surface area contributed by atoms with Crippen molar-refractivity contribution in [3.05, 3.63) is 34.6 Å². The lowest BCUT2D eigenvalue weighted by molar-refractivity contribution is 0.131. The fourth-order valence-electron chi connectivity index (χ4n) is 2.57. The molecular weight excluding hydrogens is 281 g/mol. The van der Waals surface area contributed by atoms with Gasteiger partial charge in [-0.2, -0.15) is 0 Å². The Morgan fingerprint density at radius 2 is 1.50 bits per heavy atom. The van der Waals surface area contributed by atoms with Crippen LogP contribution in [0.5, 0.6) is 0 Å². The number of rotatable bonds is 3. The van der Waals surface area contributed by atoms with Crippen LogP contribution in [0.25, 0.3) is 0 Å². The second kappa shape index (κ2) is 5.65. The molecule has 0 bridgehead atoms. The first-order chi connectivity index (χ1) is 9.38. The second-order valence-electron chi connectivity index (χ2n) is 5.03. The lowest BCUT2D eigenvalue weighted by Gasteiger charge is -2.25. The number of aliphatic hydroxyl groups excluding tert-OH is 1. The Morgan fingerprint density at radius 1 is 1.00 bits per heavy atom. The van der Waals surface area contributed by atoms with E-state index in [1.54, 1.807) is 0 Å². The Hall–Kier alpha value is -1.21. The second-order valence-corrected chi connectivity index (χ2v) is 5.03. The highest BCUT2D eigenvalue weighted by molar-refractivity contribution is 5.24. The van der Waals surface area contributed by atoms with Crippen molar-refractivity contribution in [2.75, 3.05) is 13.2 Å². The van der Waals surface area contributed by atoms with E-state index in [0.29, 0.717) is 13.0 Å². The van der Waals surface area contributed by atoms with Crippen LogP contribution >= 0.6 is 0 Å². The third-order valence-corrected chi connectivity index (χ3v) is 3.85. The SMILES string of the molecule is CC1CCN(Cc2c(F)c(F)c(F)c(F)c2F)C1CO. The number of likely N-dealkylation sites (tertiary alicyclic amines) is 1. The molecule has 0 aromatic heterocycles. The van der Waals surface area contributed by atoms with Crippen molar-refractivity contribution >= 4 is 0 Å². The van der Waals surface area contributed by atoms with Crippen molar-refractivity contribution in [1.29, 1.82) is 0 Å². The van der Waals surface area contributed by atoms with E-state index >= 15 is 0 Å². The number of halogens is 5. The van der Waals surface area contributed by atoms with Crippen LogP contribution in [0, 0.1) is 35.0 Å². The highest BCUT2D eigenvalue weighted by Crippen LogP contribution is 2.29. The van der Waals surface area contributed by atoms with Gasteiger partial charge in [0.2, 0.25) is 5.82 Å². The number of hydrogen-bond donors (Lipinski definition) is 1. The molecule has 1 saturated heterocycles. The predicted molar refractivity (Wildman–Crippen MR) is 61.3 cm³/mol. The Labute approximate surface area is 112 Å². The maximum Gasteiger partial charge on any atom is 0.200 e. The van der Waals surface area contributed by atoms with E-state index in [0.717, 1.165) is 0 Å². The van der Waals surface area contributed by atoms with Crippen LogP contribution in [-0.2, 0) is 6.54 Å². The molecule has 2 rings (SSSR count). The smallest absolute Gasteiger partial charge is 0.200 e. The normalized spacial score (nSPS) is 23.6. The van der Waals surface area contributed by atoms with Gasteiger partial charge in [0.25, 0.3) is 0 Å². The Morgan fingerprint density at radius 3 is 2.00 bits per heavy atom. The lowest BCUT2D eigenvalue weighted by atomic mass is 10.0. The zero-order chi connectivity index (χ0) is 15.0. The Bertz CT molecular complexity index is 493. The molecule has 1 heterocycles. The van der Waals surface area contributed by atoms with Crippen molar-refractivity contribution in [2.45, 2.75) is 25.9 Å². The van der Waals surface area contributed by atoms with E-state index in [9.17, 15) is 27.1 Å². The summed E-state index contributed by atoms with van der Waals surface area (Å²) in [6.45, 7) is 1.66. The van der Waals surface area contributed by atoms with Gasteiger partial charge in [-0.1, -0.05) is 6.92 Å². The summed E-state index contributed by atoms with van der Waals surface area (Å²) in [5.74, 6) is -9.55. The molecule has 0 amide bonds. The minimum Gasteiger partial charge on any atom is -0.395 e. The Kier molecular flexibility index (Phi) is 4.29. The van der Waals surface area contributed by atoms with Crippen molar-refractivity contribution in [1.82, 2.24) is 4.90 Å². The monoisotopic (exact) mass is 295 g/mol. The molecule has 2 nitrogen and oxygen atoms in total. The maximum absolute atomic E-state index is 13.6. The first-order valence-electron chi connectivity index (χ1n) is 6.23. The molecule has 0 spiro atoms. The fraction of sp³-hybridized carbons (Fsp3) is 0.538. The molecule has 0 saturated carbocycles. The van der Waals surface area contributed by atoms with Crippen LogP contribution in [-0.4, -0.2) is 29.2 Å². The minimum atomic E-state index is -2.16. The van der Waals surface area contributed by atoms with Gasteiger partial charge in [-0.05, 0) is 18.9 Å². The topological polar surface area (TPSA) is 23.5 Å². The van der Waals surface area contributed by atoms with Crippen molar-refractivity contribution < 1.29 is 27.1 Å². The zero-order valence-corrected chi connectivity index (χ0v) is 10.8. The summed E-state index contributed by atoms with van der Waals surface area (Å²) < 4.78 is 66.3. The van der Waals surface area contributed by atoms with Crippen LogP contribution < -0.4 is 0 Å². The molecule has 1 aliphatic heterocycles. The molecule has 112 valence electrons. The highest BCUT2D eigenvalue weighted by atomic mass is 19.2. The first-order valence-corrected chi connectivity index (χ1v) is 6.23. The number of aliphatic hydroxyl groups is 1. The van der Waals surface area contributed by atoms with Crippen LogP contribution in [0.1, 0.15) is 18.9 Å². The summed E-state index contributed by atoms with van der Waals surface area (Å²) in [7, 11) is 0. The lowest BCUT2D eigenvalue weighted by Crippen LogP contribution is -2.35. The van der Waals surface area contributed by atoms with Crippen molar-refractivity contribution in [3.8, 4) is 0 Å². The van der Waals surface area contributed by atoms with Gasteiger partial charge in [0.1, 0.15) is 0 Å². The molecule has 7 heteroatoms. The van der Waals surface area contributed by atoms with E-state index in [-0.39, 0.29) is 18.6 Å². The number of benzene rings is 1. The molecular formula is C13H14F5NO. The van der Waals surface area contributed by atoms with Gasteiger partial charge in [-0.15, -0.1) is 0 Å². The van der Waals surface area contributed by atoms with Gasteiger partial charge < -0.3 is 5.11 Å². The molecule has 0 radical (unpaired) electrons. The van der Waals surface area contributed by atoms with E-state index in [4.69, 9.17) is 0 Å². The molecule has 1 aromatic rings. The molecule has 1 aliphatic rings. The number of hydrogen-bond acceptors (Lipinski definition) is 2. The van der Waals surface area contributed by atoms with Gasteiger partial charge in [0.05, 0.1) is 6.61 Å². The highest BCUT2D eigenvalue weighted by Gasteiger charge is 2.33. The quantitative estimate of drug-likeness (QED) is 0.526. The zero-order valence-electron chi connectivity index (χ0n) is 10.8. The van der Waals surface area contributed by atoms with Crippen molar-refractivity contribution in [3.63, 3.8) is 0 Å². The minimum absolute atomic E-state index is 0.0984. The van der Waals surface area contributed by atoms with Crippen LogP contribution in [0.4, 0.5) is 22.0 Å². The van der Waals surface area contributed by atoms with Crippen molar-refractivity contribution in [2.24, 2.45) is 5.92 Å². The molecule has 2 unspecified atom stereocenters. The molecule has 1 N–H and O–H groups in total. The Balaban J connectivity index is 2.35. The molecule has 1 fully saturated rings. The summed E-state index contributed by atoms with van der Waals surface area (Å²) in [5, 5.41) is 9.24. The molecule has 2 atom stereocenters. The van der Waals surface area contributed by atoms with Gasteiger partial charge in [-0.3, -0.25) is 4.90 Å². The molecule has 20 heavy (non-hydrogen) atoms. The molecule has 0 aliphatic carbocycles. The average Bonchev–Trinajstić information content (AvgIpc) is 2.79. The van der Waals surface area contributed by atoms with Gasteiger partial charge in [0, 0.05) is 18.2 Å². The van der Waals surface area contributed by atoms with Gasteiger partial charge >= 0.3 is 0 Å². The fourth-order valence-corrected chi connectivity index (χ4v) is 2.57. The summed E-state index contributed by atoms with van der Waals surface area (Å²) >= 11 is 0. The summed E-state index contributed by atoms with van der Waals surface area (Å²) in [6.07, 6.45) is 0.695. The largest absolute Gasteiger partial charge is 0.395 e. The van der Waals surface area contributed by atoms with Crippen LogP contribution in [0.3, 0.4) is 0 Å². The average molecular weight is 295 g/mol. The van der Waals surface area contributed by atoms with E-state index in [1.165, 1.54) is 4.90 Å². The van der Waals surface area contributed by atoms with Gasteiger partial charge in [0.15, 0.2) is 23.3 Å². The summed E-state index contributed by atoms with van der Waals surface area (Å²) in [6, 6.07) is -0.343. The molecule has 1 aromatic carbocycles. The van der Waals surface area contributed by atoms with Crippen LogP contribution in [0.2, 0.25) is 0 Å². The maximum atomic E-state index is 13.6. The van der Waals surface area contributed by atoms with E-state index in [1.807, 2.05) is 6.92 Å². The first kappa shape index (κ1) is 15.2. The van der Waals surface area contributed by atoms with Gasteiger partial charge in [-0.25, -0.2) is 22.0 Å². The van der Waals surface area contributed by atoms with E-state index in [2.05, 4.69) is 0 Å². The summed E-state index contributed by atoms with van der Waals surface area (Å²) in [5.41, 5.74) is -0.853. The number of nitrogens with zero attached hydrogens (tertiary/aromatic N) is 1. The third-order valence-electron chi connectivity index (χ3n) is 3.85. The van der Waals surface area contributed by atoms with Crippen LogP contribution in [0.15, 0.2) is 0 Å². The predicted octanol–water partition coefficient (Wildman–Crippen LogP) is 2.58. The summed E-state index contributed by atoms with van der Waals surface area (Å²) in [4.78, 5) is 1.53.